The number of carbonyl (C=O) groups excluding carboxylic acids is 2. The first-order valence-corrected chi connectivity index (χ1v) is 10.0. The molecule has 0 spiro atoms. The van der Waals surface area contributed by atoms with E-state index < -0.39 is 0 Å². The highest BCUT2D eigenvalue weighted by atomic mass is 16.3. The van der Waals surface area contributed by atoms with Crippen molar-refractivity contribution in [3.05, 3.63) is 71.2 Å². The van der Waals surface area contributed by atoms with E-state index in [1.807, 2.05) is 48.2 Å². The lowest BCUT2D eigenvalue weighted by Gasteiger charge is -2.34. The molecule has 2 aliphatic rings. The van der Waals surface area contributed by atoms with Crippen molar-refractivity contribution < 1.29 is 14.7 Å². The molecule has 0 saturated carbocycles. The second-order valence-corrected chi connectivity index (χ2v) is 7.74. The lowest BCUT2D eigenvalue weighted by molar-refractivity contribution is -0.138. The maximum absolute atomic E-state index is 13.4. The van der Waals surface area contributed by atoms with Gasteiger partial charge in [0.2, 0.25) is 0 Å². The zero-order valence-corrected chi connectivity index (χ0v) is 16.5. The molecule has 1 fully saturated rings. The number of imide groups is 1. The van der Waals surface area contributed by atoms with Crippen LogP contribution in [-0.2, 0) is 16.1 Å². The zero-order chi connectivity index (χ0) is 20.4. The predicted octanol–water partition coefficient (Wildman–Crippen LogP) is 2.37. The number of amides is 2. The molecule has 2 aliphatic heterocycles. The average molecular weight is 391 g/mol. The summed E-state index contributed by atoms with van der Waals surface area (Å²) in [5, 5.41) is 9.62. The van der Waals surface area contributed by atoms with Gasteiger partial charge in [0.05, 0.1) is 17.8 Å². The van der Waals surface area contributed by atoms with Crippen molar-refractivity contribution >= 4 is 17.4 Å². The Balaban J connectivity index is 1.73. The molecule has 0 aliphatic carbocycles. The van der Waals surface area contributed by atoms with Crippen LogP contribution in [0.3, 0.4) is 0 Å². The molecule has 2 aromatic rings. The van der Waals surface area contributed by atoms with Crippen LogP contribution in [0.4, 0.5) is 0 Å². The van der Waals surface area contributed by atoms with Crippen LogP contribution in [0.1, 0.15) is 29.7 Å². The van der Waals surface area contributed by atoms with E-state index in [0.717, 1.165) is 24.0 Å². The molecule has 6 heteroatoms. The molecule has 1 unspecified atom stereocenters. The molecule has 1 N–H and O–H groups in total. The topological polar surface area (TPSA) is 73.7 Å². The van der Waals surface area contributed by atoms with Crippen LogP contribution in [0.5, 0.6) is 0 Å². The summed E-state index contributed by atoms with van der Waals surface area (Å²) in [5.74, 6) is -0.455. The number of nitrogens with zero attached hydrogens (tertiary/aromatic N) is 3. The number of rotatable bonds is 5. The fraction of sp³-hybridized carbons (Fsp3) is 0.348. The van der Waals surface area contributed by atoms with Gasteiger partial charge in [-0.05, 0) is 43.4 Å². The zero-order valence-electron chi connectivity index (χ0n) is 16.5. The number of likely N-dealkylation sites (tertiary alicyclic amines) is 1. The maximum atomic E-state index is 13.4. The summed E-state index contributed by atoms with van der Waals surface area (Å²) in [6.07, 6.45) is 3.48. The van der Waals surface area contributed by atoms with E-state index in [4.69, 9.17) is 0 Å². The summed E-state index contributed by atoms with van der Waals surface area (Å²) < 4.78 is 0. The van der Waals surface area contributed by atoms with Crippen LogP contribution < -0.4 is 0 Å². The van der Waals surface area contributed by atoms with Crippen molar-refractivity contribution in [1.82, 2.24) is 14.8 Å². The van der Waals surface area contributed by atoms with Crippen molar-refractivity contribution in [2.75, 3.05) is 19.7 Å². The Bertz CT molecular complexity index is 938. The summed E-state index contributed by atoms with van der Waals surface area (Å²) in [6, 6.07) is 13.2. The first-order chi connectivity index (χ1) is 14.1. The van der Waals surface area contributed by atoms with Crippen LogP contribution >= 0.6 is 0 Å². The van der Waals surface area contributed by atoms with Crippen LogP contribution in [0.2, 0.25) is 0 Å². The minimum Gasteiger partial charge on any atom is -0.396 e. The first-order valence-electron chi connectivity index (χ1n) is 10.0. The van der Waals surface area contributed by atoms with Gasteiger partial charge >= 0.3 is 0 Å². The Hall–Kier alpha value is -2.99. The number of hydrogen-bond donors (Lipinski definition) is 1. The van der Waals surface area contributed by atoms with Gasteiger partial charge < -0.3 is 10.0 Å². The molecular formula is C23H25N3O3. The van der Waals surface area contributed by atoms with Crippen molar-refractivity contribution in [2.45, 2.75) is 26.3 Å². The number of benzene rings is 1. The molecule has 2 amide bonds. The largest absolute Gasteiger partial charge is 0.396 e. The number of aryl methyl sites for hydroxylation is 1. The summed E-state index contributed by atoms with van der Waals surface area (Å²) in [7, 11) is 0. The molecule has 1 atom stereocenters. The van der Waals surface area contributed by atoms with Gasteiger partial charge in [-0.2, -0.15) is 0 Å². The van der Waals surface area contributed by atoms with Crippen molar-refractivity contribution in [1.29, 1.82) is 0 Å². The van der Waals surface area contributed by atoms with Crippen molar-refractivity contribution in [2.24, 2.45) is 5.92 Å². The number of hydrogen-bond acceptors (Lipinski definition) is 5. The van der Waals surface area contributed by atoms with Gasteiger partial charge in [0, 0.05) is 25.9 Å². The Labute approximate surface area is 170 Å². The molecule has 1 saturated heterocycles. The van der Waals surface area contributed by atoms with Gasteiger partial charge in [-0.25, -0.2) is 0 Å². The first kappa shape index (κ1) is 19.3. The molecule has 0 radical (unpaired) electrons. The quantitative estimate of drug-likeness (QED) is 0.792. The molecular weight excluding hydrogens is 366 g/mol. The lowest BCUT2D eigenvalue weighted by atomic mass is 9.96. The Kier molecular flexibility index (Phi) is 5.45. The van der Waals surface area contributed by atoms with Crippen LogP contribution in [0, 0.1) is 12.8 Å². The van der Waals surface area contributed by atoms with Gasteiger partial charge in [0.1, 0.15) is 5.70 Å². The summed E-state index contributed by atoms with van der Waals surface area (Å²) in [4.78, 5) is 34.3. The van der Waals surface area contributed by atoms with Crippen molar-refractivity contribution in [3.63, 3.8) is 0 Å². The molecule has 3 heterocycles. The summed E-state index contributed by atoms with van der Waals surface area (Å²) in [5.41, 5.74) is 3.41. The van der Waals surface area contributed by atoms with E-state index >= 15 is 0 Å². The highest BCUT2D eigenvalue weighted by Gasteiger charge is 2.42. The second kappa shape index (κ2) is 8.17. The average Bonchev–Trinajstić information content (AvgIpc) is 3.00. The highest BCUT2D eigenvalue weighted by molar-refractivity contribution is 6.35. The number of piperidine rings is 1. The number of aromatic nitrogens is 1. The van der Waals surface area contributed by atoms with Crippen LogP contribution in [-0.4, -0.2) is 51.4 Å². The SMILES string of the molecule is Cc1ccc(C2=C(N3CCCC(CO)C3)C(=O)N(Cc3ccccn3)C2=O)cc1. The third kappa shape index (κ3) is 3.80. The molecule has 1 aromatic carbocycles. The van der Waals surface area contributed by atoms with E-state index in [0.29, 0.717) is 30.1 Å². The standard InChI is InChI=1S/C23H25N3O3/c1-16-7-9-18(10-8-16)20-21(25-12-4-5-17(13-25)15-27)23(29)26(22(20)28)14-19-6-2-3-11-24-19/h2-3,6-11,17,27H,4-5,12-15H2,1H3. The highest BCUT2D eigenvalue weighted by Crippen LogP contribution is 2.34. The fourth-order valence-corrected chi connectivity index (χ4v) is 4.05. The van der Waals surface area contributed by atoms with E-state index in [1.54, 1.807) is 12.3 Å². The van der Waals surface area contributed by atoms with Crippen molar-refractivity contribution in [3.8, 4) is 0 Å². The van der Waals surface area contributed by atoms with E-state index in [-0.39, 0.29) is 30.9 Å². The predicted molar refractivity (Wildman–Crippen MR) is 109 cm³/mol. The Morgan fingerprint density at radius 3 is 2.59 bits per heavy atom. The van der Waals surface area contributed by atoms with Crippen LogP contribution in [0.15, 0.2) is 54.4 Å². The van der Waals surface area contributed by atoms with E-state index in [9.17, 15) is 14.7 Å². The van der Waals surface area contributed by atoms with Gasteiger partial charge in [-0.15, -0.1) is 0 Å². The lowest BCUT2D eigenvalue weighted by Crippen LogP contribution is -2.40. The molecule has 0 bridgehead atoms. The number of aliphatic hydroxyl groups excluding tert-OH is 1. The molecule has 29 heavy (non-hydrogen) atoms. The van der Waals surface area contributed by atoms with E-state index in [2.05, 4.69) is 4.98 Å². The summed E-state index contributed by atoms with van der Waals surface area (Å²) in [6.45, 7) is 3.51. The minimum atomic E-state index is -0.286. The smallest absolute Gasteiger partial charge is 0.278 e. The van der Waals surface area contributed by atoms with Crippen LogP contribution in [0.25, 0.3) is 5.57 Å². The molecule has 6 nitrogen and oxygen atoms in total. The third-order valence-corrected chi connectivity index (χ3v) is 5.62. The number of pyridine rings is 1. The molecule has 4 rings (SSSR count). The Morgan fingerprint density at radius 2 is 1.90 bits per heavy atom. The number of aliphatic hydroxyl groups is 1. The van der Waals surface area contributed by atoms with Gasteiger partial charge in [-0.1, -0.05) is 35.9 Å². The minimum absolute atomic E-state index is 0.0867. The Morgan fingerprint density at radius 1 is 1.10 bits per heavy atom. The fourth-order valence-electron chi connectivity index (χ4n) is 4.05. The third-order valence-electron chi connectivity index (χ3n) is 5.62. The van der Waals surface area contributed by atoms with Gasteiger partial charge in [-0.3, -0.25) is 19.5 Å². The molecule has 1 aromatic heterocycles. The number of carbonyl (C=O) groups is 2. The van der Waals surface area contributed by atoms with E-state index in [1.165, 1.54) is 4.90 Å². The monoisotopic (exact) mass is 391 g/mol. The van der Waals surface area contributed by atoms with Gasteiger partial charge in [0.15, 0.2) is 0 Å². The second-order valence-electron chi connectivity index (χ2n) is 7.74. The van der Waals surface area contributed by atoms with Gasteiger partial charge in [0.25, 0.3) is 11.8 Å². The molecule has 150 valence electrons. The summed E-state index contributed by atoms with van der Waals surface area (Å²) >= 11 is 0. The maximum Gasteiger partial charge on any atom is 0.278 e. The normalized spacial score (nSPS) is 20.0.